The van der Waals surface area contributed by atoms with E-state index in [1.54, 1.807) is 12.1 Å². The summed E-state index contributed by atoms with van der Waals surface area (Å²) in [4.78, 5) is 0.924. The molecule has 1 aromatic rings. The lowest BCUT2D eigenvalue weighted by Gasteiger charge is -2.04. The Kier molecular flexibility index (Phi) is 5.98. The van der Waals surface area contributed by atoms with Crippen LogP contribution in [0.15, 0.2) is 34.1 Å². The maximum absolute atomic E-state index is 11.9. The molecule has 0 saturated heterocycles. The maximum Gasteiger partial charge on any atom is 0.175 e. The van der Waals surface area contributed by atoms with Gasteiger partial charge in [0.15, 0.2) is 9.84 Å². The van der Waals surface area contributed by atoms with Crippen LogP contribution in [0.25, 0.3) is 0 Å². The summed E-state index contributed by atoms with van der Waals surface area (Å²) in [6.07, 6.45) is 2.21. The van der Waals surface area contributed by atoms with Crippen molar-refractivity contribution in [3.63, 3.8) is 0 Å². The minimum atomic E-state index is -3.18. The number of rotatable bonds is 7. The molecule has 0 radical (unpaired) electrons. The van der Waals surface area contributed by atoms with Crippen molar-refractivity contribution in [3.8, 4) is 0 Å². The van der Waals surface area contributed by atoms with Crippen LogP contribution < -0.4 is 5.32 Å². The molecule has 1 aromatic carbocycles. The van der Waals surface area contributed by atoms with E-state index in [4.69, 9.17) is 0 Å². The van der Waals surface area contributed by atoms with Crippen LogP contribution in [-0.2, 0) is 20.6 Å². The van der Waals surface area contributed by atoms with Crippen LogP contribution >= 0.6 is 0 Å². The van der Waals surface area contributed by atoms with Gasteiger partial charge >= 0.3 is 0 Å². The monoisotopic (exact) mass is 289 g/mol. The van der Waals surface area contributed by atoms with E-state index in [0.29, 0.717) is 17.2 Å². The Labute approximate surface area is 111 Å². The highest BCUT2D eigenvalue weighted by Gasteiger charge is 2.08. The van der Waals surface area contributed by atoms with Crippen molar-refractivity contribution >= 4 is 20.6 Å². The van der Waals surface area contributed by atoms with E-state index in [9.17, 15) is 12.6 Å². The third kappa shape index (κ3) is 4.88. The first-order valence-electron chi connectivity index (χ1n) is 5.84. The number of hydrogen-bond acceptors (Lipinski definition) is 4. The van der Waals surface area contributed by atoms with Gasteiger partial charge in [0, 0.05) is 23.4 Å². The fourth-order valence-corrected chi connectivity index (χ4v) is 3.06. The van der Waals surface area contributed by atoms with Crippen molar-refractivity contribution in [2.24, 2.45) is 0 Å². The van der Waals surface area contributed by atoms with Gasteiger partial charge in [-0.2, -0.15) is 0 Å². The zero-order valence-electron chi connectivity index (χ0n) is 10.7. The van der Waals surface area contributed by atoms with E-state index >= 15 is 0 Å². The third-order valence-corrected chi connectivity index (χ3v) is 4.91. The van der Waals surface area contributed by atoms with E-state index in [2.05, 4.69) is 12.2 Å². The number of benzene rings is 1. The second-order valence-corrected chi connectivity index (χ2v) is 7.63. The molecule has 0 spiro atoms. The van der Waals surface area contributed by atoms with Crippen molar-refractivity contribution in [1.29, 1.82) is 0 Å². The largest absolute Gasteiger partial charge is 0.316 e. The van der Waals surface area contributed by atoms with E-state index in [1.165, 1.54) is 12.1 Å². The number of sulfone groups is 1. The molecule has 0 amide bonds. The van der Waals surface area contributed by atoms with Crippen LogP contribution in [0.3, 0.4) is 0 Å². The summed E-state index contributed by atoms with van der Waals surface area (Å²) < 4.78 is 34.4. The summed E-state index contributed by atoms with van der Waals surface area (Å²) in [7, 11) is -4.26. The first-order chi connectivity index (χ1) is 8.45. The molecule has 1 N–H and O–H groups in total. The van der Waals surface area contributed by atoms with Crippen molar-refractivity contribution in [1.82, 2.24) is 5.32 Å². The normalized spacial score (nSPS) is 13.4. The zero-order valence-corrected chi connectivity index (χ0v) is 12.3. The van der Waals surface area contributed by atoms with Crippen LogP contribution in [0.4, 0.5) is 0 Å². The summed E-state index contributed by atoms with van der Waals surface area (Å²) in [6.45, 7) is 3.70. The molecule has 102 valence electrons. The second kappa shape index (κ2) is 7.01. The molecule has 0 aliphatic rings. The molecule has 0 fully saturated rings. The summed E-state index contributed by atoms with van der Waals surface area (Å²) >= 11 is 0. The van der Waals surface area contributed by atoms with E-state index in [0.717, 1.165) is 19.2 Å². The van der Waals surface area contributed by atoms with Gasteiger partial charge in [0.05, 0.1) is 15.7 Å². The SMILES string of the molecule is CCCNCCS(=O)c1ccc(S(C)(=O)=O)cc1. The van der Waals surface area contributed by atoms with Crippen molar-refractivity contribution in [2.75, 3.05) is 25.1 Å². The van der Waals surface area contributed by atoms with Gasteiger partial charge in [-0.05, 0) is 37.2 Å². The molecule has 0 heterocycles. The smallest absolute Gasteiger partial charge is 0.175 e. The Hall–Kier alpha value is -0.720. The fourth-order valence-electron chi connectivity index (χ4n) is 1.42. The molecular weight excluding hydrogens is 270 g/mol. The van der Waals surface area contributed by atoms with Crippen molar-refractivity contribution < 1.29 is 12.6 Å². The van der Waals surface area contributed by atoms with Gasteiger partial charge in [-0.15, -0.1) is 0 Å². The molecule has 0 saturated carbocycles. The topological polar surface area (TPSA) is 63.2 Å². The molecule has 4 nitrogen and oxygen atoms in total. The lowest BCUT2D eigenvalue weighted by Crippen LogP contribution is -2.21. The van der Waals surface area contributed by atoms with Crippen molar-refractivity contribution in [2.45, 2.75) is 23.1 Å². The minimum absolute atomic E-state index is 0.257. The Morgan fingerprint density at radius 3 is 2.28 bits per heavy atom. The molecule has 0 aliphatic carbocycles. The van der Waals surface area contributed by atoms with E-state index < -0.39 is 20.6 Å². The van der Waals surface area contributed by atoms with Crippen molar-refractivity contribution in [3.05, 3.63) is 24.3 Å². The Morgan fingerprint density at radius 1 is 1.17 bits per heavy atom. The Bertz CT molecular complexity index is 495. The van der Waals surface area contributed by atoms with Crippen LogP contribution in [0, 0.1) is 0 Å². The summed E-state index contributed by atoms with van der Waals surface area (Å²) in [5.74, 6) is 0.540. The molecule has 1 unspecified atom stereocenters. The van der Waals surface area contributed by atoms with Gasteiger partial charge in [0.25, 0.3) is 0 Å². The highest BCUT2D eigenvalue weighted by Crippen LogP contribution is 2.13. The highest BCUT2D eigenvalue weighted by atomic mass is 32.2. The van der Waals surface area contributed by atoms with E-state index in [1.807, 2.05) is 0 Å². The van der Waals surface area contributed by atoms with Crippen LogP contribution in [0.5, 0.6) is 0 Å². The molecule has 0 aromatic heterocycles. The third-order valence-electron chi connectivity index (χ3n) is 2.41. The average Bonchev–Trinajstić information content (AvgIpc) is 2.33. The lowest BCUT2D eigenvalue weighted by atomic mass is 10.4. The fraction of sp³-hybridized carbons (Fsp3) is 0.500. The van der Waals surface area contributed by atoms with Crippen LogP contribution in [0.1, 0.15) is 13.3 Å². The molecule has 6 heteroatoms. The maximum atomic E-state index is 11.9. The van der Waals surface area contributed by atoms with Crippen LogP contribution in [0.2, 0.25) is 0 Å². The predicted molar refractivity (Wildman–Crippen MR) is 74.0 cm³/mol. The van der Waals surface area contributed by atoms with Gasteiger partial charge in [-0.1, -0.05) is 6.92 Å². The van der Waals surface area contributed by atoms with Gasteiger partial charge < -0.3 is 5.32 Å². The summed E-state index contributed by atoms with van der Waals surface area (Å²) in [6, 6.07) is 6.24. The standard InChI is InChI=1S/C12H19NO3S2/c1-3-8-13-9-10-17(14)11-4-6-12(7-5-11)18(2,15)16/h4-7,13H,3,8-10H2,1-2H3. The summed E-state index contributed by atoms with van der Waals surface area (Å²) in [5, 5.41) is 3.18. The summed E-state index contributed by atoms with van der Waals surface area (Å²) in [5.41, 5.74) is 0. The van der Waals surface area contributed by atoms with Gasteiger partial charge in [-0.3, -0.25) is 4.21 Å². The lowest BCUT2D eigenvalue weighted by molar-refractivity contribution is 0.601. The first kappa shape index (κ1) is 15.3. The van der Waals surface area contributed by atoms with Gasteiger partial charge in [0.1, 0.15) is 0 Å². The molecule has 1 atom stereocenters. The average molecular weight is 289 g/mol. The number of nitrogens with one attached hydrogen (secondary N) is 1. The van der Waals surface area contributed by atoms with Gasteiger partial charge in [-0.25, -0.2) is 8.42 Å². The highest BCUT2D eigenvalue weighted by molar-refractivity contribution is 7.90. The van der Waals surface area contributed by atoms with Gasteiger partial charge in [0.2, 0.25) is 0 Å². The molecular formula is C12H19NO3S2. The first-order valence-corrected chi connectivity index (χ1v) is 9.05. The quantitative estimate of drug-likeness (QED) is 0.766. The number of hydrogen-bond donors (Lipinski definition) is 1. The minimum Gasteiger partial charge on any atom is -0.316 e. The molecule has 18 heavy (non-hydrogen) atoms. The van der Waals surface area contributed by atoms with Crippen LogP contribution in [-0.4, -0.2) is 37.7 Å². The molecule has 1 rings (SSSR count). The zero-order chi connectivity index (χ0) is 13.6. The molecule has 0 bridgehead atoms. The molecule has 0 aliphatic heterocycles. The Morgan fingerprint density at radius 2 is 1.78 bits per heavy atom. The second-order valence-electron chi connectivity index (χ2n) is 4.04. The van der Waals surface area contributed by atoms with E-state index in [-0.39, 0.29) is 4.90 Å². The Balaban J connectivity index is 2.60. The predicted octanol–water partition coefficient (Wildman–Crippen LogP) is 1.20.